The maximum atomic E-state index is 12.9. The molecule has 2 rings (SSSR count). The Labute approximate surface area is 143 Å². The number of rotatable bonds is 7. The maximum Gasteiger partial charge on any atom is 0.266 e. The monoisotopic (exact) mass is 352 g/mol. The molecule has 0 aliphatic carbocycles. The largest absolute Gasteiger partial charge is 0.550 e. The van der Waals surface area contributed by atoms with E-state index in [0.29, 0.717) is 35.0 Å². The summed E-state index contributed by atoms with van der Waals surface area (Å²) in [5, 5.41) is 10.3. The van der Waals surface area contributed by atoms with Crippen LogP contribution in [0.3, 0.4) is 0 Å². The van der Waals surface area contributed by atoms with Crippen LogP contribution in [0.4, 0.5) is 4.39 Å². The maximum absolute atomic E-state index is 12.9. The summed E-state index contributed by atoms with van der Waals surface area (Å²) in [6.45, 7) is 0.471. The van der Waals surface area contributed by atoms with Gasteiger partial charge in [0.2, 0.25) is 0 Å². The molecule has 122 valence electrons. The zero-order valence-electron chi connectivity index (χ0n) is 12.3. The molecule has 0 N–H and O–H groups in total. The standard InChI is InChI=1S/C16H16FNO3S2/c17-12-7-5-11(6-8-12)10-13-15(21)18(16(22)23-13)9-3-1-2-4-14(19)20/h5-8,10H,1-4,9H2,(H,19,20)/p-1. The minimum atomic E-state index is -1.06. The summed E-state index contributed by atoms with van der Waals surface area (Å²) in [6, 6.07) is 5.87. The zero-order chi connectivity index (χ0) is 16.8. The van der Waals surface area contributed by atoms with Gasteiger partial charge in [-0.1, -0.05) is 42.5 Å². The van der Waals surface area contributed by atoms with E-state index >= 15 is 0 Å². The van der Waals surface area contributed by atoms with Crippen molar-refractivity contribution in [3.05, 3.63) is 40.6 Å². The summed E-state index contributed by atoms with van der Waals surface area (Å²) < 4.78 is 13.4. The van der Waals surface area contributed by atoms with E-state index in [-0.39, 0.29) is 18.1 Å². The van der Waals surface area contributed by atoms with Gasteiger partial charge in [-0.15, -0.1) is 0 Å². The van der Waals surface area contributed by atoms with Crippen LogP contribution in [0, 0.1) is 5.82 Å². The van der Waals surface area contributed by atoms with Crippen LogP contribution in [0.2, 0.25) is 0 Å². The van der Waals surface area contributed by atoms with E-state index in [2.05, 4.69) is 0 Å². The lowest BCUT2D eigenvalue weighted by Gasteiger charge is -2.14. The Hall–Kier alpha value is -1.73. The van der Waals surface area contributed by atoms with Crippen molar-refractivity contribution < 1.29 is 19.1 Å². The molecule has 1 aliphatic rings. The summed E-state index contributed by atoms with van der Waals surface area (Å²) >= 11 is 6.43. The number of benzene rings is 1. The highest BCUT2D eigenvalue weighted by molar-refractivity contribution is 8.26. The third-order valence-corrected chi connectivity index (χ3v) is 4.68. The first-order chi connectivity index (χ1) is 11.0. The fourth-order valence-electron chi connectivity index (χ4n) is 2.12. The molecule has 0 saturated carbocycles. The minimum absolute atomic E-state index is 0.0306. The topological polar surface area (TPSA) is 60.4 Å². The molecule has 1 fully saturated rings. The number of thioether (sulfide) groups is 1. The van der Waals surface area contributed by atoms with Gasteiger partial charge in [-0.2, -0.15) is 0 Å². The van der Waals surface area contributed by atoms with Crippen molar-refractivity contribution in [1.29, 1.82) is 0 Å². The predicted octanol–water partition coefficient (Wildman–Crippen LogP) is 2.34. The molecular formula is C16H15FNO3S2-. The zero-order valence-corrected chi connectivity index (χ0v) is 13.9. The predicted molar refractivity (Wildman–Crippen MR) is 89.8 cm³/mol. The molecule has 4 nitrogen and oxygen atoms in total. The van der Waals surface area contributed by atoms with E-state index in [9.17, 15) is 19.1 Å². The average molecular weight is 352 g/mol. The number of aliphatic carboxylic acids is 1. The lowest BCUT2D eigenvalue weighted by Crippen LogP contribution is -2.29. The Bertz CT molecular complexity index is 643. The van der Waals surface area contributed by atoms with Gasteiger partial charge in [0.25, 0.3) is 5.91 Å². The fourth-order valence-corrected chi connectivity index (χ4v) is 3.43. The quantitative estimate of drug-likeness (QED) is 0.428. The van der Waals surface area contributed by atoms with Crippen molar-refractivity contribution in [1.82, 2.24) is 4.90 Å². The molecule has 0 bridgehead atoms. The van der Waals surface area contributed by atoms with Gasteiger partial charge in [-0.05, 0) is 43.0 Å². The summed E-state index contributed by atoms with van der Waals surface area (Å²) in [7, 11) is 0. The second-order valence-electron chi connectivity index (χ2n) is 5.07. The molecule has 0 unspecified atom stereocenters. The number of carbonyl (C=O) groups is 2. The van der Waals surface area contributed by atoms with Crippen molar-refractivity contribution in [3.63, 3.8) is 0 Å². The van der Waals surface area contributed by atoms with Crippen LogP contribution < -0.4 is 5.11 Å². The average Bonchev–Trinajstić information content (AvgIpc) is 2.76. The van der Waals surface area contributed by atoms with Crippen LogP contribution in [-0.4, -0.2) is 27.6 Å². The molecule has 1 aromatic rings. The SMILES string of the molecule is O=C([O-])CCCCCN1C(=O)C(=Cc2ccc(F)cc2)SC1=S. The molecule has 1 amide bonds. The number of thiocarbonyl (C=S) groups is 1. The van der Waals surface area contributed by atoms with Crippen LogP contribution in [0.5, 0.6) is 0 Å². The second-order valence-corrected chi connectivity index (χ2v) is 6.74. The Morgan fingerprint density at radius 2 is 1.96 bits per heavy atom. The number of carboxylic acids is 1. The third kappa shape index (κ3) is 5.14. The summed E-state index contributed by atoms with van der Waals surface area (Å²) in [4.78, 5) is 24.7. The number of carboxylic acid groups (broad SMARTS) is 1. The number of hydrogen-bond donors (Lipinski definition) is 0. The molecule has 1 aliphatic heterocycles. The van der Waals surface area contributed by atoms with E-state index in [1.165, 1.54) is 28.8 Å². The molecule has 7 heteroatoms. The molecule has 1 saturated heterocycles. The minimum Gasteiger partial charge on any atom is -0.550 e. The molecule has 1 heterocycles. The van der Waals surface area contributed by atoms with Crippen molar-refractivity contribution in [2.75, 3.05) is 6.54 Å². The number of amides is 1. The van der Waals surface area contributed by atoms with Gasteiger partial charge in [0.05, 0.1) is 4.91 Å². The van der Waals surface area contributed by atoms with Crippen LogP contribution in [0.1, 0.15) is 31.2 Å². The van der Waals surface area contributed by atoms with Crippen molar-refractivity contribution in [2.24, 2.45) is 0 Å². The lowest BCUT2D eigenvalue weighted by atomic mass is 10.2. The summed E-state index contributed by atoms with van der Waals surface area (Å²) in [5.41, 5.74) is 0.737. The number of carbonyl (C=O) groups excluding carboxylic acids is 2. The Kier molecular flexibility index (Phi) is 6.29. The van der Waals surface area contributed by atoms with E-state index in [1.54, 1.807) is 18.2 Å². The highest BCUT2D eigenvalue weighted by atomic mass is 32.2. The normalized spacial score (nSPS) is 16.4. The van der Waals surface area contributed by atoms with Crippen LogP contribution in [-0.2, 0) is 9.59 Å². The first-order valence-corrected chi connectivity index (χ1v) is 8.40. The lowest BCUT2D eigenvalue weighted by molar-refractivity contribution is -0.305. The molecule has 0 atom stereocenters. The Balaban J connectivity index is 1.91. The number of unbranched alkanes of at least 4 members (excludes halogenated alkanes) is 2. The molecule has 0 aromatic heterocycles. The molecule has 23 heavy (non-hydrogen) atoms. The van der Waals surface area contributed by atoms with Gasteiger partial charge in [-0.3, -0.25) is 9.69 Å². The summed E-state index contributed by atoms with van der Waals surface area (Å²) in [5.74, 6) is -1.55. The summed E-state index contributed by atoms with van der Waals surface area (Å²) in [6.07, 6.45) is 3.63. The first kappa shape index (κ1) is 17.6. The highest BCUT2D eigenvalue weighted by Gasteiger charge is 2.31. The fraction of sp³-hybridized carbons (Fsp3) is 0.312. The van der Waals surface area contributed by atoms with Crippen LogP contribution in [0.15, 0.2) is 29.2 Å². The van der Waals surface area contributed by atoms with Gasteiger partial charge in [0.15, 0.2) is 0 Å². The van der Waals surface area contributed by atoms with E-state index < -0.39 is 5.97 Å². The van der Waals surface area contributed by atoms with Gasteiger partial charge in [-0.25, -0.2) is 4.39 Å². The smallest absolute Gasteiger partial charge is 0.266 e. The number of hydrogen-bond acceptors (Lipinski definition) is 5. The van der Waals surface area contributed by atoms with Crippen molar-refractivity contribution in [2.45, 2.75) is 25.7 Å². The van der Waals surface area contributed by atoms with E-state index in [4.69, 9.17) is 12.2 Å². The third-order valence-electron chi connectivity index (χ3n) is 3.30. The second kappa shape index (κ2) is 8.21. The molecule has 0 radical (unpaired) electrons. The number of halogens is 1. The van der Waals surface area contributed by atoms with Crippen LogP contribution >= 0.6 is 24.0 Å². The van der Waals surface area contributed by atoms with Crippen molar-refractivity contribution >= 4 is 46.3 Å². The van der Waals surface area contributed by atoms with Crippen molar-refractivity contribution in [3.8, 4) is 0 Å². The van der Waals surface area contributed by atoms with Gasteiger partial charge in [0.1, 0.15) is 10.1 Å². The molecule has 0 spiro atoms. The molecule has 1 aromatic carbocycles. The van der Waals surface area contributed by atoms with Gasteiger partial charge in [0, 0.05) is 12.5 Å². The Morgan fingerprint density at radius 1 is 1.26 bits per heavy atom. The first-order valence-electron chi connectivity index (χ1n) is 7.18. The van der Waals surface area contributed by atoms with Crippen LogP contribution in [0.25, 0.3) is 6.08 Å². The van der Waals surface area contributed by atoms with Gasteiger partial charge >= 0.3 is 0 Å². The van der Waals surface area contributed by atoms with E-state index in [0.717, 1.165) is 5.56 Å². The number of nitrogens with zero attached hydrogens (tertiary/aromatic N) is 1. The molecular weight excluding hydrogens is 337 g/mol. The Morgan fingerprint density at radius 3 is 2.61 bits per heavy atom. The van der Waals surface area contributed by atoms with E-state index in [1.807, 2.05) is 0 Å². The van der Waals surface area contributed by atoms with Gasteiger partial charge < -0.3 is 9.90 Å². The highest BCUT2D eigenvalue weighted by Crippen LogP contribution is 2.32.